The van der Waals surface area contributed by atoms with Gasteiger partial charge in [0.2, 0.25) is 11.8 Å². The van der Waals surface area contributed by atoms with Crippen molar-refractivity contribution in [2.75, 3.05) is 26.2 Å². The van der Waals surface area contributed by atoms with Crippen molar-refractivity contribution in [2.24, 2.45) is 5.92 Å². The van der Waals surface area contributed by atoms with Crippen LogP contribution < -0.4 is 15.6 Å². The van der Waals surface area contributed by atoms with E-state index in [1.807, 2.05) is 0 Å². The number of hydrogen-bond acceptors (Lipinski definition) is 7. The summed E-state index contributed by atoms with van der Waals surface area (Å²) < 4.78 is 102. The lowest BCUT2D eigenvalue weighted by molar-refractivity contribution is -0.144. The van der Waals surface area contributed by atoms with E-state index in [4.69, 9.17) is 9.47 Å². The number of aryl methyl sites for hydroxylation is 1. The largest absolute Gasteiger partial charge is 0.471 e. The molecule has 0 unspecified atom stereocenters. The molecule has 2 aromatic heterocycles. The predicted octanol–water partition coefficient (Wildman–Crippen LogP) is 6.22. The van der Waals surface area contributed by atoms with E-state index in [-0.39, 0.29) is 61.8 Å². The van der Waals surface area contributed by atoms with Gasteiger partial charge in [-0.25, -0.2) is 13.2 Å². The van der Waals surface area contributed by atoms with E-state index in [9.17, 15) is 31.9 Å². The topological polar surface area (TPSA) is 108 Å². The first-order chi connectivity index (χ1) is 26.2. The summed E-state index contributed by atoms with van der Waals surface area (Å²) in [4.78, 5) is 42.8. The number of ether oxygens (including phenoxy) is 2. The number of amides is 1. The van der Waals surface area contributed by atoms with Crippen LogP contribution in [0.1, 0.15) is 71.7 Å². The zero-order chi connectivity index (χ0) is 39.2. The van der Waals surface area contributed by atoms with Crippen molar-refractivity contribution in [1.29, 1.82) is 0 Å². The standard InChI is InChI=1S/C39H39F6N5O5/c1-3-54-34(52)14-32-28-12-25(10-21(2)35(28)42)29-19-49(15-22-4-5-22)47-38(29)55-20-23-6-7-31(41)27(11-23)36(37(53)46-32)50-16-24(8-9-48-17-26(40)18-48)30(13-33(50)51)39(43,44)45/h6-7,10-13,16,19,22,26,32,36H,3-5,8-9,14-15,17-18,20H2,1-2H3,(H,46,53)/t32-,36-/m0/s1. The Morgan fingerprint density at radius 3 is 2.51 bits per heavy atom. The maximum atomic E-state index is 16.2. The third-order valence-electron chi connectivity index (χ3n) is 10.2. The number of hydrogen-bond donors (Lipinski definition) is 1. The number of likely N-dealkylation sites (tertiary alicyclic amines) is 1. The van der Waals surface area contributed by atoms with Crippen LogP contribution >= 0.6 is 0 Å². The molecule has 16 heteroatoms. The minimum Gasteiger partial charge on any atom is -0.471 e. The van der Waals surface area contributed by atoms with Gasteiger partial charge in [-0.1, -0.05) is 6.07 Å². The van der Waals surface area contributed by atoms with Gasteiger partial charge >= 0.3 is 12.1 Å². The second-order valence-electron chi connectivity index (χ2n) is 14.4. The van der Waals surface area contributed by atoms with Gasteiger partial charge in [-0.2, -0.15) is 13.2 Å². The van der Waals surface area contributed by atoms with Crippen molar-refractivity contribution in [1.82, 2.24) is 24.6 Å². The molecule has 1 saturated heterocycles. The van der Waals surface area contributed by atoms with Gasteiger partial charge in [-0.05, 0) is 85.5 Å². The number of nitrogens with zero attached hydrogens (tertiary/aromatic N) is 4. The number of pyridine rings is 1. The van der Waals surface area contributed by atoms with Crippen molar-refractivity contribution in [3.63, 3.8) is 0 Å². The summed E-state index contributed by atoms with van der Waals surface area (Å²) in [6, 6.07) is 3.68. The highest BCUT2D eigenvalue weighted by Crippen LogP contribution is 2.38. The molecule has 0 spiro atoms. The van der Waals surface area contributed by atoms with Crippen LogP contribution in [0.2, 0.25) is 0 Å². The molecule has 4 heterocycles. The highest BCUT2D eigenvalue weighted by molar-refractivity contribution is 5.85. The lowest BCUT2D eigenvalue weighted by Crippen LogP contribution is -2.49. The van der Waals surface area contributed by atoms with Crippen LogP contribution in [-0.4, -0.2) is 63.5 Å². The Hall–Kier alpha value is -5.12. The summed E-state index contributed by atoms with van der Waals surface area (Å²) >= 11 is 0. The summed E-state index contributed by atoms with van der Waals surface area (Å²) in [5, 5.41) is 7.26. The van der Waals surface area contributed by atoms with E-state index in [0.717, 1.165) is 25.1 Å². The van der Waals surface area contributed by atoms with Crippen molar-refractivity contribution < 1.29 is 45.4 Å². The minimum atomic E-state index is -4.96. The van der Waals surface area contributed by atoms with Crippen molar-refractivity contribution >= 4 is 11.9 Å². The van der Waals surface area contributed by atoms with Gasteiger partial charge in [0.05, 0.1) is 30.2 Å². The summed E-state index contributed by atoms with van der Waals surface area (Å²) in [5.41, 5.74) is -1.97. The first-order valence-corrected chi connectivity index (χ1v) is 18.1. The molecular formula is C39H39F6N5O5. The number of benzene rings is 2. The van der Waals surface area contributed by atoms with E-state index >= 15 is 8.78 Å². The number of fused-ring (bicyclic) bond motifs is 6. The van der Waals surface area contributed by atoms with Crippen molar-refractivity contribution in [2.45, 2.75) is 77.1 Å². The molecule has 3 aliphatic rings. The van der Waals surface area contributed by atoms with Crippen LogP contribution in [0.4, 0.5) is 26.3 Å². The van der Waals surface area contributed by atoms with Crippen molar-refractivity contribution in [3.05, 3.63) is 104 Å². The Labute approximate surface area is 312 Å². The minimum absolute atomic E-state index is 0.0226. The van der Waals surface area contributed by atoms with Crippen LogP contribution in [0, 0.1) is 24.5 Å². The monoisotopic (exact) mass is 771 g/mol. The maximum Gasteiger partial charge on any atom is 0.416 e. The number of esters is 1. The van der Waals surface area contributed by atoms with Gasteiger partial charge in [0.15, 0.2) is 0 Å². The predicted molar refractivity (Wildman–Crippen MR) is 187 cm³/mol. The number of carbonyl (C=O) groups excluding carboxylic acids is 2. The maximum absolute atomic E-state index is 16.2. The van der Waals surface area contributed by atoms with Gasteiger partial charge in [0.1, 0.15) is 30.5 Å². The lowest BCUT2D eigenvalue weighted by Gasteiger charge is -2.34. The van der Waals surface area contributed by atoms with Gasteiger partial charge in [-0.3, -0.25) is 28.5 Å². The number of rotatable bonds is 9. The Morgan fingerprint density at radius 2 is 1.82 bits per heavy atom. The van der Waals surface area contributed by atoms with Crippen LogP contribution in [-0.2, 0) is 40.1 Å². The van der Waals surface area contributed by atoms with E-state index in [2.05, 4.69) is 10.4 Å². The normalized spacial score (nSPS) is 19.2. The zero-order valence-electron chi connectivity index (χ0n) is 30.1. The Kier molecular flexibility index (Phi) is 10.5. The Morgan fingerprint density at radius 1 is 1.05 bits per heavy atom. The summed E-state index contributed by atoms with van der Waals surface area (Å²) in [6.45, 7) is 3.56. The molecule has 0 radical (unpaired) electrons. The van der Waals surface area contributed by atoms with Crippen LogP contribution in [0.5, 0.6) is 5.88 Å². The smallest absolute Gasteiger partial charge is 0.416 e. The van der Waals surface area contributed by atoms with E-state index in [1.54, 1.807) is 28.8 Å². The number of nitrogens with one attached hydrogen (secondary N) is 1. The van der Waals surface area contributed by atoms with Gasteiger partial charge in [0, 0.05) is 55.8 Å². The first-order valence-electron chi connectivity index (χ1n) is 18.1. The molecule has 2 aliphatic heterocycles. The third-order valence-corrected chi connectivity index (χ3v) is 10.2. The molecule has 55 heavy (non-hydrogen) atoms. The Balaban J connectivity index is 1.39. The van der Waals surface area contributed by atoms with Gasteiger partial charge in [-0.15, -0.1) is 5.10 Å². The van der Waals surface area contributed by atoms with E-state index in [1.165, 1.54) is 25.1 Å². The average Bonchev–Trinajstić information content (AvgIpc) is 3.84. The molecule has 1 amide bonds. The van der Waals surface area contributed by atoms with Crippen molar-refractivity contribution in [3.8, 4) is 17.0 Å². The second-order valence-corrected chi connectivity index (χ2v) is 14.4. The number of halogens is 6. The van der Waals surface area contributed by atoms with Crippen LogP contribution in [0.15, 0.2) is 53.6 Å². The number of carbonyl (C=O) groups is 2. The molecule has 4 aromatic rings. The fourth-order valence-electron chi connectivity index (χ4n) is 7.13. The number of alkyl halides is 4. The summed E-state index contributed by atoms with van der Waals surface area (Å²) in [7, 11) is 0. The average molecular weight is 772 g/mol. The molecule has 4 bridgehead atoms. The van der Waals surface area contributed by atoms with E-state index in [0.29, 0.717) is 39.8 Å². The first kappa shape index (κ1) is 38.2. The number of aromatic nitrogens is 3. The fourth-order valence-corrected chi connectivity index (χ4v) is 7.13. The highest BCUT2D eigenvalue weighted by atomic mass is 19.4. The second kappa shape index (κ2) is 15.2. The summed E-state index contributed by atoms with van der Waals surface area (Å²) in [6.07, 6.45) is -2.21. The SMILES string of the molecule is CCOC(=O)C[C@@H]1NC(=O)[C@@H](n2cc(CCN3CC(F)C3)c(C(F)(F)F)cc2=O)c2cc(ccc2F)COc2nn(CC3CC3)cc2-c2cc(C)c(F)c1c2. The van der Waals surface area contributed by atoms with Crippen LogP contribution in [0.25, 0.3) is 11.1 Å². The quantitative estimate of drug-likeness (QED) is 0.159. The zero-order valence-corrected chi connectivity index (χ0v) is 30.1. The molecule has 7 rings (SSSR count). The molecule has 10 nitrogen and oxygen atoms in total. The molecule has 1 N–H and O–H groups in total. The highest BCUT2D eigenvalue weighted by Gasteiger charge is 2.38. The molecule has 2 aromatic carbocycles. The molecular weight excluding hydrogens is 732 g/mol. The fraction of sp³-hybridized carbons (Fsp3) is 0.436. The molecule has 1 saturated carbocycles. The third kappa shape index (κ3) is 8.28. The van der Waals surface area contributed by atoms with Gasteiger partial charge in [0.25, 0.3) is 5.56 Å². The van der Waals surface area contributed by atoms with Crippen LogP contribution in [0.3, 0.4) is 0 Å². The molecule has 2 fully saturated rings. The lowest BCUT2D eigenvalue weighted by atomic mass is 9.94. The molecule has 1 aliphatic carbocycles. The van der Waals surface area contributed by atoms with Gasteiger partial charge < -0.3 is 14.8 Å². The molecule has 2 atom stereocenters. The summed E-state index contributed by atoms with van der Waals surface area (Å²) in [5.74, 6) is -3.03. The Bertz CT molecular complexity index is 2170. The molecule has 292 valence electrons. The van der Waals surface area contributed by atoms with E-state index < -0.39 is 71.0 Å².